The topological polar surface area (TPSA) is 145 Å². The summed E-state index contributed by atoms with van der Waals surface area (Å²) in [4.78, 5) is 30.0. The number of sulfone groups is 1. The molecule has 1 unspecified atom stereocenters. The highest BCUT2D eigenvalue weighted by Gasteiger charge is 2.37. The SMILES string of the molecule is CNC(=O)NCCNCc1cnc(NC(=O)C(NN2CCCC2)c2ccc(S(=O)(=O)C3CC3)cc2)s1. The number of carbonyl (C=O) groups excluding carboxylic acids is 2. The highest BCUT2D eigenvalue weighted by molar-refractivity contribution is 7.92. The monoisotopic (exact) mass is 535 g/mol. The number of nitrogens with one attached hydrogen (secondary N) is 5. The standard InChI is InChI=1S/C23H33N7O4S2/c1-24-22(32)26-11-10-25-14-17-15-27-23(35-17)28-21(31)20(29-30-12-2-3-13-30)16-4-6-18(7-5-16)36(33,34)19-8-9-19/h4-7,15,19-20,25,29H,2-3,8-14H2,1H3,(H2,24,26,32)(H,27,28,31). The molecule has 2 aromatic rings. The molecule has 1 aromatic carbocycles. The van der Waals surface area contributed by atoms with E-state index in [4.69, 9.17) is 0 Å². The second-order valence-electron chi connectivity index (χ2n) is 8.87. The third-order valence-corrected chi connectivity index (χ3v) is 9.27. The van der Waals surface area contributed by atoms with Crippen molar-refractivity contribution in [2.24, 2.45) is 0 Å². The number of hydrazine groups is 1. The first-order valence-electron chi connectivity index (χ1n) is 12.1. The summed E-state index contributed by atoms with van der Waals surface area (Å²) >= 11 is 1.38. The fourth-order valence-corrected chi connectivity index (χ4v) is 6.37. The Hall–Kier alpha value is -2.58. The maximum Gasteiger partial charge on any atom is 0.314 e. The Balaban J connectivity index is 1.37. The van der Waals surface area contributed by atoms with Crippen molar-refractivity contribution in [3.63, 3.8) is 0 Å². The number of rotatable bonds is 12. The summed E-state index contributed by atoms with van der Waals surface area (Å²) in [5.41, 5.74) is 4.00. The van der Waals surface area contributed by atoms with Crippen LogP contribution in [0.25, 0.3) is 0 Å². The van der Waals surface area contributed by atoms with Gasteiger partial charge in [0.05, 0.1) is 10.1 Å². The van der Waals surface area contributed by atoms with Gasteiger partial charge in [0.15, 0.2) is 15.0 Å². The molecule has 1 aliphatic heterocycles. The van der Waals surface area contributed by atoms with Crippen LogP contribution in [0.4, 0.5) is 9.93 Å². The second-order valence-corrected chi connectivity index (χ2v) is 12.2. The minimum atomic E-state index is -3.28. The van der Waals surface area contributed by atoms with E-state index in [0.29, 0.717) is 48.1 Å². The summed E-state index contributed by atoms with van der Waals surface area (Å²) in [6.07, 6.45) is 5.25. The summed E-state index contributed by atoms with van der Waals surface area (Å²) in [5.74, 6) is -0.261. The summed E-state index contributed by atoms with van der Waals surface area (Å²) in [6.45, 7) is 3.35. The molecule has 3 amide bonds. The van der Waals surface area contributed by atoms with Gasteiger partial charge in [-0.15, -0.1) is 11.3 Å². The maximum absolute atomic E-state index is 13.3. The van der Waals surface area contributed by atoms with Crippen LogP contribution in [0.3, 0.4) is 0 Å². The van der Waals surface area contributed by atoms with Gasteiger partial charge in [0.25, 0.3) is 0 Å². The number of anilines is 1. The Morgan fingerprint density at radius 3 is 2.53 bits per heavy atom. The van der Waals surface area contributed by atoms with Crippen molar-refractivity contribution in [3.8, 4) is 0 Å². The van der Waals surface area contributed by atoms with E-state index in [1.165, 1.54) is 11.3 Å². The van der Waals surface area contributed by atoms with Crippen molar-refractivity contribution in [1.82, 2.24) is 31.4 Å². The number of thiazole rings is 1. The van der Waals surface area contributed by atoms with Gasteiger partial charge in [0.1, 0.15) is 6.04 Å². The molecule has 2 heterocycles. The largest absolute Gasteiger partial charge is 0.341 e. The lowest BCUT2D eigenvalue weighted by molar-refractivity contribution is -0.119. The molecule has 0 spiro atoms. The average Bonchev–Trinajstić information content (AvgIpc) is 3.46. The van der Waals surface area contributed by atoms with Crippen LogP contribution in [-0.2, 0) is 21.2 Å². The summed E-state index contributed by atoms with van der Waals surface area (Å²) < 4.78 is 25.1. The molecule has 1 saturated heterocycles. The maximum atomic E-state index is 13.3. The van der Waals surface area contributed by atoms with E-state index in [1.54, 1.807) is 37.5 Å². The minimum Gasteiger partial charge on any atom is -0.341 e. The summed E-state index contributed by atoms with van der Waals surface area (Å²) in [7, 11) is -1.72. The minimum absolute atomic E-state index is 0.226. The van der Waals surface area contributed by atoms with Crippen LogP contribution < -0.4 is 26.7 Å². The predicted octanol–water partition coefficient (Wildman–Crippen LogP) is 1.38. The number of aromatic nitrogens is 1. The Kier molecular flexibility index (Phi) is 8.90. The first-order chi connectivity index (χ1) is 17.4. The van der Waals surface area contributed by atoms with Crippen molar-refractivity contribution in [1.29, 1.82) is 0 Å². The predicted molar refractivity (Wildman–Crippen MR) is 138 cm³/mol. The van der Waals surface area contributed by atoms with Gasteiger partial charge in [-0.1, -0.05) is 12.1 Å². The van der Waals surface area contributed by atoms with Crippen molar-refractivity contribution >= 4 is 38.2 Å². The number of hydrogen-bond acceptors (Lipinski definition) is 9. The molecule has 2 aliphatic rings. The molecular weight excluding hydrogens is 502 g/mol. The number of nitrogens with zero attached hydrogens (tertiary/aromatic N) is 2. The Bertz CT molecular complexity index is 1140. The lowest BCUT2D eigenvalue weighted by Gasteiger charge is -2.25. The van der Waals surface area contributed by atoms with E-state index in [9.17, 15) is 18.0 Å². The van der Waals surface area contributed by atoms with Crippen LogP contribution in [0.1, 0.15) is 42.2 Å². The van der Waals surface area contributed by atoms with Gasteiger partial charge in [-0.25, -0.2) is 28.6 Å². The Morgan fingerprint density at radius 2 is 1.86 bits per heavy atom. The van der Waals surface area contributed by atoms with Crippen molar-refractivity contribution in [2.45, 2.75) is 48.4 Å². The van der Waals surface area contributed by atoms with Gasteiger partial charge < -0.3 is 21.3 Å². The van der Waals surface area contributed by atoms with Crippen LogP contribution in [0.5, 0.6) is 0 Å². The van der Waals surface area contributed by atoms with E-state index in [1.807, 2.05) is 5.01 Å². The zero-order chi connectivity index (χ0) is 25.5. The molecule has 0 bridgehead atoms. The van der Waals surface area contributed by atoms with Crippen LogP contribution in [0.15, 0.2) is 35.4 Å². The molecule has 0 radical (unpaired) electrons. The second kappa shape index (κ2) is 12.1. The molecule has 13 heteroatoms. The molecule has 1 aliphatic carbocycles. The first kappa shape index (κ1) is 26.5. The molecule has 196 valence electrons. The quantitative estimate of drug-likeness (QED) is 0.256. The van der Waals surface area contributed by atoms with Gasteiger partial charge in [0, 0.05) is 50.8 Å². The highest BCUT2D eigenvalue weighted by Crippen LogP contribution is 2.34. The number of urea groups is 1. The fourth-order valence-electron chi connectivity index (χ4n) is 3.92. The lowest BCUT2D eigenvalue weighted by Crippen LogP contribution is -2.43. The molecule has 2 fully saturated rings. The third kappa shape index (κ3) is 7.01. The first-order valence-corrected chi connectivity index (χ1v) is 14.5. The van der Waals surface area contributed by atoms with E-state index >= 15 is 0 Å². The van der Waals surface area contributed by atoms with Crippen LogP contribution >= 0.6 is 11.3 Å². The fraction of sp³-hybridized carbons (Fsp3) is 0.522. The normalized spacial score (nSPS) is 17.0. The molecule has 4 rings (SSSR count). The van der Waals surface area contributed by atoms with Gasteiger partial charge in [-0.3, -0.25) is 4.79 Å². The molecule has 11 nitrogen and oxygen atoms in total. The van der Waals surface area contributed by atoms with Crippen LogP contribution in [-0.4, -0.2) is 68.8 Å². The van der Waals surface area contributed by atoms with Gasteiger partial charge in [-0.05, 0) is 43.4 Å². The van der Waals surface area contributed by atoms with E-state index in [-0.39, 0.29) is 17.2 Å². The smallest absolute Gasteiger partial charge is 0.314 e. The summed E-state index contributed by atoms with van der Waals surface area (Å²) in [5, 5.41) is 13.6. The molecule has 5 N–H and O–H groups in total. The van der Waals surface area contributed by atoms with Gasteiger partial charge >= 0.3 is 6.03 Å². The van der Waals surface area contributed by atoms with Crippen LogP contribution in [0, 0.1) is 0 Å². The number of amides is 3. The molecule has 1 saturated carbocycles. The van der Waals surface area contributed by atoms with Crippen molar-refractivity contribution in [3.05, 3.63) is 40.9 Å². The molecule has 1 atom stereocenters. The zero-order valence-electron chi connectivity index (χ0n) is 20.2. The van der Waals surface area contributed by atoms with E-state index in [0.717, 1.165) is 30.8 Å². The average molecular weight is 536 g/mol. The van der Waals surface area contributed by atoms with Crippen molar-refractivity contribution in [2.75, 3.05) is 38.5 Å². The van der Waals surface area contributed by atoms with Crippen molar-refractivity contribution < 1.29 is 18.0 Å². The number of carbonyl (C=O) groups is 2. The Labute approximate surface area is 215 Å². The number of hydrogen-bond donors (Lipinski definition) is 5. The molecule has 36 heavy (non-hydrogen) atoms. The van der Waals surface area contributed by atoms with Crippen LogP contribution in [0.2, 0.25) is 0 Å². The third-order valence-electron chi connectivity index (χ3n) is 6.08. The molecule has 1 aromatic heterocycles. The Morgan fingerprint density at radius 1 is 1.14 bits per heavy atom. The van der Waals surface area contributed by atoms with Gasteiger partial charge in [-0.2, -0.15) is 0 Å². The van der Waals surface area contributed by atoms with Gasteiger partial charge in [0.2, 0.25) is 5.91 Å². The highest BCUT2D eigenvalue weighted by atomic mass is 32.2. The number of benzene rings is 1. The zero-order valence-corrected chi connectivity index (χ0v) is 21.9. The molecular formula is C23H33N7O4S2. The lowest BCUT2D eigenvalue weighted by atomic mass is 10.1. The van der Waals surface area contributed by atoms with E-state index in [2.05, 4.69) is 31.7 Å². The van der Waals surface area contributed by atoms with E-state index < -0.39 is 15.9 Å². The summed E-state index contributed by atoms with van der Waals surface area (Å²) in [6, 6.07) is 5.72.